The van der Waals surface area contributed by atoms with Crippen LogP contribution in [0.2, 0.25) is 0 Å². The second-order valence-electron chi connectivity index (χ2n) is 5.38. The van der Waals surface area contributed by atoms with Crippen molar-refractivity contribution in [1.82, 2.24) is 4.31 Å². The van der Waals surface area contributed by atoms with Gasteiger partial charge in [0, 0.05) is 25.7 Å². The van der Waals surface area contributed by atoms with Gasteiger partial charge in [-0.1, -0.05) is 13.8 Å². The van der Waals surface area contributed by atoms with Crippen LogP contribution >= 0.6 is 0 Å². The second kappa shape index (κ2) is 8.31. The van der Waals surface area contributed by atoms with Crippen LogP contribution in [0.25, 0.3) is 0 Å². The molecule has 0 spiro atoms. The van der Waals surface area contributed by atoms with Crippen LogP contribution in [-0.2, 0) is 14.8 Å². The Morgan fingerprint density at radius 3 is 2.30 bits per heavy atom. The van der Waals surface area contributed by atoms with Crippen molar-refractivity contribution in [2.75, 3.05) is 26.0 Å². The highest BCUT2D eigenvalue weighted by molar-refractivity contribution is 7.89. The number of hydrogen-bond donors (Lipinski definition) is 1. The van der Waals surface area contributed by atoms with Crippen LogP contribution in [-0.4, -0.2) is 39.3 Å². The first kappa shape index (κ1) is 19.4. The van der Waals surface area contributed by atoms with E-state index in [9.17, 15) is 13.2 Å². The van der Waals surface area contributed by atoms with Crippen molar-refractivity contribution in [3.05, 3.63) is 18.2 Å². The van der Waals surface area contributed by atoms with Gasteiger partial charge in [-0.2, -0.15) is 0 Å². The molecule has 0 unspecified atom stereocenters. The van der Waals surface area contributed by atoms with E-state index in [1.807, 2.05) is 13.8 Å². The van der Waals surface area contributed by atoms with Crippen molar-refractivity contribution in [1.29, 1.82) is 0 Å². The lowest BCUT2D eigenvalue weighted by Gasteiger charge is -2.18. The Labute approximate surface area is 138 Å². The van der Waals surface area contributed by atoms with Gasteiger partial charge in [-0.25, -0.2) is 12.7 Å². The predicted molar refractivity (Wildman–Crippen MR) is 91.2 cm³/mol. The van der Waals surface area contributed by atoms with E-state index in [1.165, 1.54) is 20.2 Å². The average Bonchev–Trinajstić information content (AvgIpc) is 2.50. The quantitative estimate of drug-likeness (QED) is 0.788. The number of nitrogens with zero attached hydrogens (tertiary/aromatic N) is 1. The van der Waals surface area contributed by atoms with Crippen molar-refractivity contribution in [2.24, 2.45) is 5.92 Å². The summed E-state index contributed by atoms with van der Waals surface area (Å²) in [4.78, 5) is 12.2. The van der Waals surface area contributed by atoms with Gasteiger partial charge in [0.25, 0.3) is 0 Å². The van der Waals surface area contributed by atoms with Crippen molar-refractivity contribution in [2.45, 2.75) is 38.5 Å². The minimum Gasteiger partial charge on any atom is -0.492 e. The molecule has 0 fully saturated rings. The summed E-state index contributed by atoms with van der Waals surface area (Å²) < 4.78 is 31.4. The summed E-state index contributed by atoms with van der Waals surface area (Å²) in [5.41, 5.74) is 0.450. The van der Waals surface area contributed by atoms with E-state index in [2.05, 4.69) is 5.32 Å². The molecule has 0 aliphatic heterocycles. The number of nitrogens with one attached hydrogen (secondary N) is 1. The molecule has 23 heavy (non-hydrogen) atoms. The van der Waals surface area contributed by atoms with Gasteiger partial charge in [-0.05, 0) is 38.0 Å². The van der Waals surface area contributed by atoms with Gasteiger partial charge >= 0.3 is 0 Å². The smallest absolute Gasteiger partial charge is 0.246 e. The van der Waals surface area contributed by atoms with Crippen molar-refractivity contribution < 1.29 is 17.9 Å². The van der Waals surface area contributed by atoms with Gasteiger partial charge in [0.1, 0.15) is 10.6 Å². The number of benzene rings is 1. The monoisotopic (exact) mass is 342 g/mol. The third kappa shape index (κ3) is 4.68. The number of carbonyl (C=O) groups is 1. The normalized spacial score (nSPS) is 11.8. The van der Waals surface area contributed by atoms with Crippen LogP contribution in [0, 0.1) is 5.92 Å². The van der Waals surface area contributed by atoms with E-state index in [0.29, 0.717) is 12.3 Å². The average molecular weight is 342 g/mol. The van der Waals surface area contributed by atoms with Crippen LogP contribution in [0.3, 0.4) is 0 Å². The first-order valence-corrected chi connectivity index (χ1v) is 9.22. The molecule has 0 aliphatic rings. The highest BCUT2D eigenvalue weighted by Crippen LogP contribution is 2.29. The topological polar surface area (TPSA) is 75.7 Å². The first-order chi connectivity index (χ1) is 10.8. The Balaban J connectivity index is 3.21. The van der Waals surface area contributed by atoms with Crippen LogP contribution in [0.1, 0.15) is 33.6 Å². The van der Waals surface area contributed by atoms with Crippen molar-refractivity contribution >= 4 is 21.6 Å². The van der Waals surface area contributed by atoms with Crippen LogP contribution < -0.4 is 10.1 Å². The summed E-state index contributed by atoms with van der Waals surface area (Å²) in [6.07, 6.45) is 1.48. The molecular weight excluding hydrogens is 316 g/mol. The van der Waals surface area contributed by atoms with Gasteiger partial charge in [-0.15, -0.1) is 0 Å². The third-order valence-corrected chi connectivity index (χ3v) is 5.46. The lowest BCUT2D eigenvalue weighted by molar-refractivity contribution is -0.120. The zero-order valence-electron chi connectivity index (χ0n) is 14.4. The highest BCUT2D eigenvalue weighted by Gasteiger charge is 2.23. The number of amides is 1. The summed E-state index contributed by atoms with van der Waals surface area (Å²) in [5, 5.41) is 2.79. The largest absolute Gasteiger partial charge is 0.492 e. The summed E-state index contributed by atoms with van der Waals surface area (Å²) in [7, 11) is -0.745. The zero-order chi connectivity index (χ0) is 17.6. The lowest BCUT2D eigenvalue weighted by Crippen LogP contribution is -2.24. The van der Waals surface area contributed by atoms with Gasteiger partial charge in [-0.3, -0.25) is 4.79 Å². The van der Waals surface area contributed by atoms with E-state index in [-0.39, 0.29) is 22.5 Å². The molecule has 0 atom stereocenters. The molecule has 6 nitrogen and oxygen atoms in total. The van der Waals surface area contributed by atoms with Crippen molar-refractivity contribution in [3.63, 3.8) is 0 Å². The summed E-state index contributed by atoms with van der Waals surface area (Å²) in [6.45, 7) is 6.05. The SMILES string of the molecule is CCOc1ccc(NC(=O)C(CC)CC)cc1S(=O)(=O)N(C)C. The molecule has 0 radical (unpaired) electrons. The second-order valence-corrected chi connectivity index (χ2v) is 7.50. The molecule has 130 valence electrons. The molecule has 0 saturated heterocycles. The number of rotatable bonds is 8. The molecule has 1 amide bonds. The number of anilines is 1. The minimum absolute atomic E-state index is 0.0479. The standard InChI is InChI=1S/C16H26N2O4S/c1-6-12(7-2)16(19)17-13-9-10-14(22-8-3)15(11-13)23(20,21)18(4)5/h9-12H,6-8H2,1-5H3,(H,17,19). The first-order valence-electron chi connectivity index (χ1n) is 7.78. The molecule has 0 aromatic heterocycles. The zero-order valence-corrected chi connectivity index (χ0v) is 15.2. The summed E-state index contributed by atoms with van der Waals surface area (Å²) in [6, 6.07) is 4.67. The van der Waals surface area contributed by atoms with Gasteiger partial charge in [0.05, 0.1) is 6.61 Å². The molecule has 7 heteroatoms. The van der Waals surface area contributed by atoms with Gasteiger partial charge < -0.3 is 10.1 Å². The molecule has 1 aromatic carbocycles. The Morgan fingerprint density at radius 2 is 1.83 bits per heavy atom. The number of ether oxygens (including phenoxy) is 1. The van der Waals surface area contributed by atoms with E-state index in [4.69, 9.17) is 4.74 Å². The number of carbonyl (C=O) groups excluding carboxylic acids is 1. The Morgan fingerprint density at radius 1 is 1.22 bits per heavy atom. The fraction of sp³-hybridized carbons (Fsp3) is 0.562. The summed E-state index contributed by atoms with van der Waals surface area (Å²) in [5.74, 6) is 0.0876. The van der Waals surface area contributed by atoms with E-state index < -0.39 is 10.0 Å². The lowest BCUT2D eigenvalue weighted by atomic mass is 10.0. The fourth-order valence-electron chi connectivity index (χ4n) is 2.16. The third-order valence-electron chi connectivity index (χ3n) is 3.63. The molecular formula is C16H26N2O4S. The van der Waals surface area contributed by atoms with Crippen LogP contribution in [0.15, 0.2) is 23.1 Å². The van der Waals surface area contributed by atoms with Gasteiger partial charge in [0.2, 0.25) is 15.9 Å². The molecule has 1 N–H and O–H groups in total. The molecule has 0 saturated carbocycles. The summed E-state index contributed by atoms with van der Waals surface area (Å²) >= 11 is 0. The van der Waals surface area contributed by atoms with E-state index in [1.54, 1.807) is 19.1 Å². The Kier molecular flexibility index (Phi) is 7.02. The minimum atomic E-state index is -3.66. The maximum Gasteiger partial charge on any atom is 0.246 e. The molecule has 1 aromatic rings. The van der Waals surface area contributed by atoms with E-state index >= 15 is 0 Å². The molecule has 1 rings (SSSR count). The molecule has 0 bridgehead atoms. The van der Waals surface area contributed by atoms with Crippen LogP contribution in [0.4, 0.5) is 5.69 Å². The highest BCUT2D eigenvalue weighted by atomic mass is 32.2. The number of hydrogen-bond acceptors (Lipinski definition) is 4. The number of sulfonamides is 1. The Bertz CT molecular complexity index is 637. The molecule has 0 aliphatic carbocycles. The predicted octanol–water partition coefficient (Wildman–Crippen LogP) is 2.71. The maximum absolute atomic E-state index is 12.4. The van der Waals surface area contributed by atoms with Gasteiger partial charge in [0.15, 0.2) is 0 Å². The molecule has 0 heterocycles. The fourth-order valence-corrected chi connectivity index (χ4v) is 3.21. The Hall–Kier alpha value is -1.60. The maximum atomic E-state index is 12.4. The van der Waals surface area contributed by atoms with E-state index in [0.717, 1.165) is 17.1 Å². The van der Waals surface area contributed by atoms with Crippen molar-refractivity contribution in [3.8, 4) is 5.75 Å². The van der Waals surface area contributed by atoms with Crippen LogP contribution in [0.5, 0.6) is 5.75 Å².